The van der Waals surface area contributed by atoms with Gasteiger partial charge in [-0.2, -0.15) is 0 Å². The van der Waals surface area contributed by atoms with Crippen LogP contribution in [0.2, 0.25) is 0 Å². The van der Waals surface area contributed by atoms with Crippen LogP contribution in [0.15, 0.2) is 0 Å². The minimum atomic E-state index is -2.58. The normalized spacial score (nSPS) is 27.9. The summed E-state index contributed by atoms with van der Waals surface area (Å²) in [5, 5.41) is 19.2. The van der Waals surface area contributed by atoms with E-state index in [1.807, 2.05) is 0 Å². The summed E-state index contributed by atoms with van der Waals surface area (Å²) in [6.07, 6.45) is 1.36. The van der Waals surface area contributed by atoms with Crippen LogP contribution in [-0.2, 0) is 0 Å². The molecule has 2 N–H and O–H groups in total. The Balaban J connectivity index is 2.04. The number of hydrogen-bond acceptors (Lipinski definition) is 2. The number of aliphatic hydroxyl groups is 1. The number of amides is 1. The predicted molar refractivity (Wildman–Crippen MR) is 79.0 cm³/mol. The highest BCUT2D eigenvalue weighted by Crippen LogP contribution is 2.48. The number of halogens is 2. The highest BCUT2D eigenvalue weighted by atomic mass is 19.3. The lowest BCUT2D eigenvalue weighted by Crippen LogP contribution is -2.42. The number of rotatable bonds is 4. The molecule has 2 rings (SSSR count). The number of nitrogens with zero attached hydrogens (tertiary/aromatic N) is 1. The first-order valence-electron chi connectivity index (χ1n) is 8.15. The topological polar surface area (TPSA) is 60.8 Å². The molecular formula is C16H27F2NO3. The summed E-state index contributed by atoms with van der Waals surface area (Å²) in [4.78, 5) is 12.4. The highest BCUT2D eigenvalue weighted by Gasteiger charge is 2.45. The van der Waals surface area contributed by atoms with Gasteiger partial charge in [-0.1, -0.05) is 0 Å². The van der Waals surface area contributed by atoms with Gasteiger partial charge in [0.15, 0.2) is 0 Å². The molecule has 0 aromatic rings. The van der Waals surface area contributed by atoms with Crippen LogP contribution < -0.4 is 0 Å². The maximum absolute atomic E-state index is 13.6. The monoisotopic (exact) mass is 319 g/mol. The number of carboxylic acid groups (broad SMARTS) is 1. The van der Waals surface area contributed by atoms with E-state index in [1.165, 1.54) is 4.90 Å². The van der Waals surface area contributed by atoms with Crippen LogP contribution in [0.5, 0.6) is 0 Å². The van der Waals surface area contributed by atoms with Crippen LogP contribution in [0.25, 0.3) is 0 Å². The molecule has 2 unspecified atom stereocenters. The Bertz CT molecular complexity index is 401. The third-order valence-electron chi connectivity index (χ3n) is 5.20. The van der Waals surface area contributed by atoms with Gasteiger partial charge in [0.25, 0.3) is 0 Å². The quantitative estimate of drug-likeness (QED) is 0.832. The molecule has 2 fully saturated rings. The fourth-order valence-electron chi connectivity index (χ4n) is 4.16. The zero-order valence-corrected chi connectivity index (χ0v) is 13.4. The van der Waals surface area contributed by atoms with Gasteiger partial charge in [-0.05, 0) is 57.3 Å². The van der Waals surface area contributed by atoms with E-state index in [0.29, 0.717) is 38.8 Å². The zero-order valence-electron chi connectivity index (χ0n) is 13.4. The van der Waals surface area contributed by atoms with Gasteiger partial charge in [-0.3, -0.25) is 0 Å². The Morgan fingerprint density at radius 1 is 1.27 bits per heavy atom. The van der Waals surface area contributed by atoms with Crippen LogP contribution >= 0.6 is 0 Å². The van der Waals surface area contributed by atoms with Gasteiger partial charge in [-0.15, -0.1) is 0 Å². The zero-order chi connectivity index (χ0) is 16.5. The van der Waals surface area contributed by atoms with Crippen LogP contribution in [0.4, 0.5) is 13.6 Å². The van der Waals surface area contributed by atoms with Crippen LogP contribution in [0.3, 0.4) is 0 Å². The average Bonchev–Trinajstić information content (AvgIpc) is 2.75. The van der Waals surface area contributed by atoms with E-state index in [2.05, 4.69) is 0 Å². The van der Waals surface area contributed by atoms with Gasteiger partial charge < -0.3 is 15.1 Å². The Kier molecular flexibility index (Phi) is 5.00. The Morgan fingerprint density at radius 3 is 2.27 bits per heavy atom. The Labute approximate surface area is 130 Å². The second-order valence-corrected chi connectivity index (χ2v) is 7.65. The largest absolute Gasteiger partial charge is 0.465 e. The third-order valence-corrected chi connectivity index (χ3v) is 5.20. The van der Waals surface area contributed by atoms with Crippen molar-refractivity contribution >= 4 is 6.09 Å². The molecule has 0 bridgehead atoms. The first-order chi connectivity index (χ1) is 10.1. The third kappa shape index (κ3) is 4.54. The number of hydrogen-bond donors (Lipinski definition) is 2. The maximum Gasteiger partial charge on any atom is 0.407 e. The SMILES string of the molecule is CC(C)(O)CC(C1CCN(C(=O)O)CC1)C1CCC(F)(F)C1. The van der Waals surface area contributed by atoms with Crippen molar-refractivity contribution in [3.05, 3.63) is 0 Å². The standard InChI is InChI=1S/C16H27F2NO3/c1-15(2,22)10-13(12-3-6-16(17,18)9-12)11-4-7-19(8-5-11)14(20)21/h11-13,22H,3-10H2,1-2H3,(H,20,21). The highest BCUT2D eigenvalue weighted by molar-refractivity contribution is 5.64. The van der Waals surface area contributed by atoms with Crippen molar-refractivity contribution in [1.29, 1.82) is 0 Å². The van der Waals surface area contributed by atoms with Crippen molar-refractivity contribution in [3.8, 4) is 0 Å². The Morgan fingerprint density at radius 2 is 1.86 bits per heavy atom. The van der Waals surface area contributed by atoms with Crippen LogP contribution in [0, 0.1) is 17.8 Å². The summed E-state index contributed by atoms with van der Waals surface area (Å²) in [7, 11) is 0. The molecule has 2 aliphatic rings. The van der Waals surface area contributed by atoms with Crippen molar-refractivity contribution in [1.82, 2.24) is 4.90 Å². The molecule has 1 heterocycles. The molecule has 2 atom stereocenters. The van der Waals surface area contributed by atoms with E-state index in [0.717, 1.165) is 0 Å². The molecule has 6 heteroatoms. The van der Waals surface area contributed by atoms with E-state index in [-0.39, 0.29) is 30.6 Å². The van der Waals surface area contributed by atoms with E-state index in [1.54, 1.807) is 13.8 Å². The lowest BCUT2D eigenvalue weighted by atomic mass is 9.71. The van der Waals surface area contributed by atoms with Gasteiger partial charge in [-0.25, -0.2) is 13.6 Å². The maximum atomic E-state index is 13.6. The van der Waals surface area contributed by atoms with E-state index < -0.39 is 17.6 Å². The van der Waals surface area contributed by atoms with Crippen LogP contribution in [-0.4, -0.2) is 45.8 Å². The smallest absolute Gasteiger partial charge is 0.407 e. The lowest BCUT2D eigenvalue weighted by Gasteiger charge is -2.40. The van der Waals surface area contributed by atoms with Crippen molar-refractivity contribution in [2.45, 2.75) is 63.9 Å². The molecule has 1 aliphatic heterocycles. The van der Waals surface area contributed by atoms with E-state index >= 15 is 0 Å². The molecule has 22 heavy (non-hydrogen) atoms. The minimum Gasteiger partial charge on any atom is -0.465 e. The molecule has 1 saturated heterocycles. The first kappa shape index (κ1) is 17.4. The number of alkyl halides is 2. The molecule has 1 aliphatic carbocycles. The van der Waals surface area contributed by atoms with Crippen LogP contribution in [0.1, 0.15) is 52.4 Å². The van der Waals surface area contributed by atoms with Gasteiger partial charge in [0.1, 0.15) is 0 Å². The second-order valence-electron chi connectivity index (χ2n) is 7.65. The summed E-state index contributed by atoms with van der Waals surface area (Å²) in [6, 6.07) is 0. The first-order valence-corrected chi connectivity index (χ1v) is 8.15. The molecule has 0 aromatic heterocycles. The number of piperidine rings is 1. The number of likely N-dealkylation sites (tertiary alicyclic amines) is 1. The molecule has 1 saturated carbocycles. The summed E-state index contributed by atoms with van der Waals surface area (Å²) in [6.45, 7) is 4.37. The van der Waals surface area contributed by atoms with Gasteiger partial charge in [0.2, 0.25) is 5.92 Å². The lowest BCUT2D eigenvalue weighted by molar-refractivity contribution is -0.0150. The minimum absolute atomic E-state index is 0.0457. The molecule has 128 valence electrons. The molecule has 0 aromatic carbocycles. The van der Waals surface area contributed by atoms with Crippen molar-refractivity contribution in [2.75, 3.05) is 13.1 Å². The average molecular weight is 319 g/mol. The molecule has 4 nitrogen and oxygen atoms in total. The van der Waals surface area contributed by atoms with Gasteiger partial charge in [0.05, 0.1) is 5.60 Å². The number of carbonyl (C=O) groups is 1. The molecule has 1 amide bonds. The molecular weight excluding hydrogens is 292 g/mol. The fraction of sp³-hybridized carbons (Fsp3) is 0.938. The molecule has 0 spiro atoms. The summed E-state index contributed by atoms with van der Waals surface area (Å²) >= 11 is 0. The fourth-order valence-corrected chi connectivity index (χ4v) is 4.16. The van der Waals surface area contributed by atoms with Crippen molar-refractivity contribution < 1.29 is 23.8 Å². The van der Waals surface area contributed by atoms with Crippen molar-refractivity contribution in [2.24, 2.45) is 17.8 Å². The van der Waals surface area contributed by atoms with Crippen molar-refractivity contribution in [3.63, 3.8) is 0 Å². The van der Waals surface area contributed by atoms with Gasteiger partial charge >= 0.3 is 6.09 Å². The van der Waals surface area contributed by atoms with Gasteiger partial charge in [0, 0.05) is 25.9 Å². The predicted octanol–water partition coefficient (Wildman–Crippen LogP) is 3.59. The Hall–Kier alpha value is -0.910. The summed E-state index contributed by atoms with van der Waals surface area (Å²) in [5.41, 5.74) is -0.882. The summed E-state index contributed by atoms with van der Waals surface area (Å²) in [5.74, 6) is -2.38. The second kappa shape index (κ2) is 6.30. The van der Waals surface area contributed by atoms with E-state index in [9.17, 15) is 18.7 Å². The molecule has 0 radical (unpaired) electrons. The van der Waals surface area contributed by atoms with E-state index in [4.69, 9.17) is 5.11 Å². The summed E-state index contributed by atoms with van der Waals surface area (Å²) < 4.78 is 27.1.